The quantitative estimate of drug-likeness (QED) is 0.694. The fourth-order valence-electron chi connectivity index (χ4n) is 4.85. The molecular formula is C20H26ClN3O3S. The first-order valence-corrected chi connectivity index (χ1v) is 11.5. The Balaban J connectivity index is 1.47. The first-order chi connectivity index (χ1) is 13.5. The number of carboxylic acid groups (broad SMARTS) is 1. The smallest absolute Gasteiger partial charge is 0.323 e. The number of aliphatic carboxylic acids is 1. The molecule has 4 rings (SSSR count). The first kappa shape index (κ1) is 19.7. The number of nitrogens with zero attached hydrogens (tertiary/aromatic N) is 2. The molecule has 0 saturated heterocycles. The summed E-state index contributed by atoms with van der Waals surface area (Å²) in [5.74, 6) is -0.663. The van der Waals surface area contributed by atoms with E-state index in [2.05, 4.69) is 10.3 Å². The molecule has 0 aromatic carbocycles. The topological polar surface area (TPSA) is 82.5 Å². The van der Waals surface area contributed by atoms with Crippen molar-refractivity contribution in [3.05, 3.63) is 22.8 Å². The highest BCUT2D eigenvalue weighted by Gasteiger charge is 2.39. The van der Waals surface area contributed by atoms with Crippen LogP contribution < -0.4 is 5.32 Å². The number of carbonyl (C=O) groups is 2. The van der Waals surface area contributed by atoms with Crippen LogP contribution in [0.3, 0.4) is 0 Å². The van der Waals surface area contributed by atoms with Crippen LogP contribution in [0.4, 0.5) is 5.13 Å². The van der Waals surface area contributed by atoms with Gasteiger partial charge in [-0.3, -0.25) is 14.9 Å². The molecule has 28 heavy (non-hydrogen) atoms. The lowest BCUT2D eigenvalue weighted by Crippen LogP contribution is -2.41. The molecule has 1 aromatic rings. The van der Waals surface area contributed by atoms with Gasteiger partial charge < -0.3 is 10.0 Å². The fraction of sp³-hybridized carbons (Fsp3) is 0.650. The van der Waals surface area contributed by atoms with E-state index in [1.54, 1.807) is 4.90 Å². The summed E-state index contributed by atoms with van der Waals surface area (Å²) in [6.07, 6.45) is 10.5. The number of aromatic nitrogens is 1. The van der Waals surface area contributed by atoms with Gasteiger partial charge in [0.2, 0.25) is 0 Å². The van der Waals surface area contributed by atoms with Gasteiger partial charge in [-0.2, -0.15) is 0 Å². The average molecular weight is 424 g/mol. The molecule has 1 aromatic heterocycles. The van der Waals surface area contributed by atoms with Crippen LogP contribution in [0.5, 0.6) is 0 Å². The van der Waals surface area contributed by atoms with E-state index < -0.39 is 5.97 Å². The Morgan fingerprint density at radius 1 is 1.21 bits per heavy atom. The Morgan fingerprint density at radius 2 is 1.96 bits per heavy atom. The SMILES string of the molecule is O=C(O)CN1C(C(=O)Nc2nc(C3CCCCC3Cl)cs2)=CC2CCCCC21. The molecular weight excluding hydrogens is 398 g/mol. The van der Waals surface area contributed by atoms with E-state index in [0.29, 0.717) is 10.8 Å². The van der Waals surface area contributed by atoms with Gasteiger partial charge in [0.05, 0.1) is 5.69 Å². The molecule has 1 amide bonds. The van der Waals surface area contributed by atoms with E-state index >= 15 is 0 Å². The molecule has 0 bridgehead atoms. The Hall–Kier alpha value is -1.60. The third kappa shape index (κ3) is 4.06. The first-order valence-electron chi connectivity index (χ1n) is 10.1. The zero-order valence-electron chi connectivity index (χ0n) is 15.8. The van der Waals surface area contributed by atoms with Crippen LogP contribution >= 0.6 is 22.9 Å². The summed E-state index contributed by atoms with van der Waals surface area (Å²) in [4.78, 5) is 30.7. The normalized spacial score (nSPS) is 29.9. The van der Waals surface area contributed by atoms with Gasteiger partial charge in [-0.1, -0.05) is 31.8 Å². The van der Waals surface area contributed by atoms with Gasteiger partial charge in [0.25, 0.3) is 5.91 Å². The highest BCUT2D eigenvalue weighted by atomic mass is 35.5. The lowest BCUT2D eigenvalue weighted by Gasteiger charge is -2.33. The predicted octanol–water partition coefficient (Wildman–Crippen LogP) is 4.19. The second-order valence-electron chi connectivity index (χ2n) is 8.03. The zero-order chi connectivity index (χ0) is 19.7. The number of hydrogen-bond acceptors (Lipinski definition) is 5. The molecule has 8 heteroatoms. The summed E-state index contributed by atoms with van der Waals surface area (Å²) in [5.41, 5.74) is 1.43. The second-order valence-corrected chi connectivity index (χ2v) is 9.45. The summed E-state index contributed by atoms with van der Waals surface area (Å²) >= 11 is 7.89. The molecule has 1 aliphatic heterocycles. The highest BCUT2D eigenvalue weighted by molar-refractivity contribution is 7.14. The van der Waals surface area contributed by atoms with Crippen molar-refractivity contribution in [2.24, 2.45) is 5.92 Å². The molecule has 3 aliphatic rings. The minimum atomic E-state index is -0.910. The van der Waals surface area contributed by atoms with Gasteiger partial charge >= 0.3 is 5.97 Å². The van der Waals surface area contributed by atoms with E-state index in [1.807, 2.05) is 11.5 Å². The maximum absolute atomic E-state index is 12.9. The van der Waals surface area contributed by atoms with Crippen molar-refractivity contribution in [2.45, 2.75) is 68.7 Å². The summed E-state index contributed by atoms with van der Waals surface area (Å²) in [6.45, 7) is -0.139. The molecule has 0 radical (unpaired) electrons. The molecule has 2 fully saturated rings. The molecule has 2 heterocycles. The van der Waals surface area contributed by atoms with Crippen molar-refractivity contribution in [1.29, 1.82) is 0 Å². The van der Waals surface area contributed by atoms with Crippen LogP contribution in [0.15, 0.2) is 17.2 Å². The average Bonchev–Trinajstić information content (AvgIpc) is 3.27. The van der Waals surface area contributed by atoms with Gasteiger partial charge in [-0.05, 0) is 31.6 Å². The van der Waals surface area contributed by atoms with Gasteiger partial charge in [0.1, 0.15) is 12.2 Å². The number of fused-ring (bicyclic) bond motifs is 1. The highest BCUT2D eigenvalue weighted by Crippen LogP contribution is 2.39. The molecule has 152 valence electrons. The minimum absolute atomic E-state index is 0.103. The van der Waals surface area contributed by atoms with Gasteiger partial charge in [0, 0.05) is 22.7 Å². The number of halogens is 1. The summed E-state index contributed by atoms with van der Waals surface area (Å²) in [5, 5.41) is 14.8. The van der Waals surface area contributed by atoms with Crippen LogP contribution in [0.25, 0.3) is 0 Å². The van der Waals surface area contributed by atoms with E-state index in [1.165, 1.54) is 11.3 Å². The Bertz CT molecular complexity index is 781. The maximum atomic E-state index is 12.9. The minimum Gasteiger partial charge on any atom is -0.480 e. The summed E-state index contributed by atoms with van der Waals surface area (Å²) < 4.78 is 0. The number of alkyl halides is 1. The second kappa shape index (κ2) is 8.41. The number of rotatable bonds is 5. The fourth-order valence-corrected chi connectivity index (χ4v) is 6.03. The number of amides is 1. The number of thiazole rings is 1. The van der Waals surface area contributed by atoms with Crippen LogP contribution in [0, 0.1) is 5.92 Å². The monoisotopic (exact) mass is 423 g/mol. The van der Waals surface area contributed by atoms with Crippen molar-refractivity contribution in [3.8, 4) is 0 Å². The number of carboxylic acids is 1. The Kier molecular flexibility index (Phi) is 5.92. The third-order valence-electron chi connectivity index (χ3n) is 6.21. The molecule has 2 N–H and O–H groups in total. The van der Waals surface area contributed by atoms with Crippen LogP contribution in [-0.2, 0) is 9.59 Å². The van der Waals surface area contributed by atoms with Crippen molar-refractivity contribution in [3.63, 3.8) is 0 Å². The molecule has 4 atom stereocenters. The van der Waals surface area contributed by atoms with Gasteiger partial charge in [0.15, 0.2) is 5.13 Å². The number of anilines is 1. The van der Waals surface area contributed by atoms with Crippen molar-refractivity contribution in [2.75, 3.05) is 11.9 Å². The number of hydrogen-bond donors (Lipinski definition) is 2. The molecule has 0 spiro atoms. The summed E-state index contributed by atoms with van der Waals surface area (Å²) in [7, 11) is 0. The molecule has 2 aliphatic carbocycles. The maximum Gasteiger partial charge on any atom is 0.323 e. The van der Waals surface area contributed by atoms with Gasteiger partial charge in [-0.15, -0.1) is 22.9 Å². The van der Waals surface area contributed by atoms with E-state index in [-0.39, 0.29) is 35.7 Å². The standard InChI is InChI=1S/C20H26ClN3O3S/c21-14-7-3-2-6-13(14)15-11-28-20(22-15)23-19(27)17-9-12-5-1-4-8-16(12)24(17)10-18(25)26/h9,11-14,16H,1-8,10H2,(H,25,26)(H,22,23,27). The zero-order valence-corrected chi connectivity index (χ0v) is 17.3. The lowest BCUT2D eigenvalue weighted by molar-refractivity contribution is -0.138. The third-order valence-corrected chi connectivity index (χ3v) is 7.50. The van der Waals surface area contributed by atoms with E-state index in [4.69, 9.17) is 11.6 Å². The van der Waals surface area contributed by atoms with Crippen molar-refractivity contribution >= 4 is 39.9 Å². The lowest BCUT2D eigenvalue weighted by atomic mass is 9.86. The molecule has 4 unspecified atom stereocenters. The van der Waals surface area contributed by atoms with Gasteiger partial charge in [-0.25, -0.2) is 4.98 Å². The van der Waals surface area contributed by atoms with E-state index in [0.717, 1.165) is 57.1 Å². The van der Waals surface area contributed by atoms with Crippen molar-refractivity contribution in [1.82, 2.24) is 9.88 Å². The number of nitrogens with one attached hydrogen (secondary N) is 1. The van der Waals surface area contributed by atoms with Crippen LogP contribution in [-0.4, -0.2) is 44.8 Å². The Labute approximate surface area is 174 Å². The summed E-state index contributed by atoms with van der Waals surface area (Å²) in [6, 6.07) is 0.122. The molecule has 2 saturated carbocycles. The van der Waals surface area contributed by atoms with Crippen molar-refractivity contribution < 1.29 is 14.7 Å². The number of carbonyl (C=O) groups excluding carboxylic acids is 1. The van der Waals surface area contributed by atoms with Crippen LogP contribution in [0.2, 0.25) is 0 Å². The largest absolute Gasteiger partial charge is 0.480 e. The van der Waals surface area contributed by atoms with Crippen LogP contribution in [0.1, 0.15) is 63.0 Å². The predicted molar refractivity (Wildman–Crippen MR) is 110 cm³/mol. The molecule has 6 nitrogen and oxygen atoms in total. The van der Waals surface area contributed by atoms with E-state index in [9.17, 15) is 14.7 Å². The Morgan fingerprint density at radius 3 is 2.75 bits per heavy atom.